The van der Waals surface area contributed by atoms with Crippen LogP contribution in [0.4, 0.5) is 4.39 Å². The molecule has 0 spiro atoms. The molecule has 6 nitrogen and oxygen atoms in total. The predicted octanol–water partition coefficient (Wildman–Crippen LogP) is 2.26. The molecule has 1 aromatic carbocycles. The van der Waals surface area contributed by atoms with Crippen LogP contribution in [0, 0.1) is 17.1 Å². The van der Waals surface area contributed by atoms with E-state index in [0.29, 0.717) is 11.4 Å². The molecule has 0 aliphatic rings. The quantitative estimate of drug-likeness (QED) is 0.784. The lowest BCUT2D eigenvalue weighted by molar-refractivity contribution is -0.145. The first-order chi connectivity index (χ1) is 10.1. The predicted molar refractivity (Wildman–Crippen MR) is 69.2 cm³/mol. The van der Waals surface area contributed by atoms with E-state index in [4.69, 9.17) is 14.5 Å². The van der Waals surface area contributed by atoms with Gasteiger partial charge >= 0.3 is 5.97 Å². The highest BCUT2D eigenvalue weighted by atomic mass is 19.1. The van der Waals surface area contributed by atoms with Crippen molar-refractivity contribution in [1.82, 2.24) is 10.1 Å². The third kappa shape index (κ3) is 4.11. The number of aryl methyl sites for hydroxylation is 1. The van der Waals surface area contributed by atoms with E-state index in [-0.39, 0.29) is 24.5 Å². The number of carbonyl (C=O) groups excluding carboxylic acids is 1. The van der Waals surface area contributed by atoms with Crippen molar-refractivity contribution in [3.8, 4) is 17.5 Å². The maximum absolute atomic E-state index is 12.8. The number of halogens is 1. The van der Waals surface area contributed by atoms with Crippen LogP contribution in [0.3, 0.4) is 0 Å². The van der Waals surface area contributed by atoms with Gasteiger partial charge in [-0.15, -0.1) is 0 Å². The molecule has 7 heteroatoms. The van der Waals surface area contributed by atoms with Crippen LogP contribution < -0.4 is 0 Å². The molecule has 0 amide bonds. The van der Waals surface area contributed by atoms with E-state index in [0.717, 1.165) is 0 Å². The van der Waals surface area contributed by atoms with Gasteiger partial charge in [0.25, 0.3) is 0 Å². The smallest absolute Gasteiger partial charge is 0.307 e. The number of esters is 1. The third-order valence-corrected chi connectivity index (χ3v) is 2.60. The van der Waals surface area contributed by atoms with E-state index in [1.165, 1.54) is 31.2 Å². The minimum absolute atomic E-state index is 0.0388. The van der Waals surface area contributed by atoms with E-state index in [1.807, 2.05) is 0 Å². The van der Waals surface area contributed by atoms with E-state index in [2.05, 4.69) is 10.1 Å². The average Bonchev–Trinajstić information content (AvgIpc) is 2.94. The maximum atomic E-state index is 12.8. The lowest BCUT2D eigenvalue weighted by Crippen LogP contribution is -2.13. The number of nitriles is 1. The van der Waals surface area contributed by atoms with Crippen LogP contribution in [-0.4, -0.2) is 22.2 Å². The summed E-state index contributed by atoms with van der Waals surface area (Å²) in [4.78, 5) is 15.5. The summed E-state index contributed by atoms with van der Waals surface area (Å²) >= 11 is 0. The topological polar surface area (TPSA) is 89.0 Å². The Morgan fingerprint density at radius 3 is 2.86 bits per heavy atom. The molecule has 0 N–H and O–H groups in total. The Kier molecular flexibility index (Phi) is 4.61. The first-order valence-electron chi connectivity index (χ1n) is 6.26. The summed E-state index contributed by atoms with van der Waals surface area (Å²) in [5, 5.41) is 12.3. The number of carbonyl (C=O) groups is 1. The molecule has 2 aromatic rings. The Labute approximate surface area is 120 Å². The van der Waals surface area contributed by atoms with E-state index in [9.17, 15) is 9.18 Å². The molecule has 1 unspecified atom stereocenters. The number of rotatable bonds is 5. The van der Waals surface area contributed by atoms with Gasteiger partial charge in [0.15, 0.2) is 6.10 Å². The molecule has 0 bridgehead atoms. The molecule has 0 aliphatic heterocycles. The van der Waals surface area contributed by atoms with Crippen molar-refractivity contribution in [2.45, 2.75) is 25.9 Å². The SMILES string of the molecule is CC(C#N)OC(=O)CCc1nc(-c2ccc(F)cc2)no1. The van der Waals surface area contributed by atoms with E-state index in [1.54, 1.807) is 6.07 Å². The van der Waals surface area contributed by atoms with Crippen molar-refractivity contribution >= 4 is 5.97 Å². The van der Waals surface area contributed by atoms with Crippen molar-refractivity contribution < 1.29 is 18.4 Å². The molecule has 0 fully saturated rings. The van der Waals surface area contributed by atoms with Crippen molar-refractivity contribution in [1.29, 1.82) is 5.26 Å². The van der Waals surface area contributed by atoms with Gasteiger partial charge in [0, 0.05) is 12.0 Å². The summed E-state index contributed by atoms with van der Waals surface area (Å²) in [7, 11) is 0. The Morgan fingerprint density at radius 2 is 2.19 bits per heavy atom. The first-order valence-corrected chi connectivity index (χ1v) is 6.26. The number of hydrogen-bond acceptors (Lipinski definition) is 6. The highest BCUT2D eigenvalue weighted by molar-refractivity contribution is 5.70. The number of nitrogens with zero attached hydrogens (tertiary/aromatic N) is 3. The van der Waals surface area contributed by atoms with E-state index >= 15 is 0 Å². The molecule has 0 aliphatic carbocycles. The zero-order valence-corrected chi connectivity index (χ0v) is 11.2. The zero-order chi connectivity index (χ0) is 15.2. The van der Waals surface area contributed by atoms with Gasteiger partial charge in [-0.1, -0.05) is 5.16 Å². The van der Waals surface area contributed by atoms with Gasteiger partial charge in [-0.05, 0) is 31.2 Å². The van der Waals surface area contributed by atoms with Gasteiger partial charge in [0.2, 0.25) is 11.7 Å². The van der Waals surface area contributed by atoms with Gasteiger partial charge in [0.1, 0.15) is 11.9 Å². The lowest BCUT2D eigenvalue weighted by Gasteiger charge is -2.03. The largest absolute Gasteiger partial charge is 0.447 e. The molecule has 0 radical (unpaired) electrons. The fourth-order valence-electron chi connectivity index (χ4n) is 1.56. The lowest BCUT2D eigenvalue weighted by atomic mass is 10.2. The maximum Gasteiger partial charge on any atom is 0.307 e. The number of aromatic nitrogens is 2. The number of hydrogen-bond donors (Lipinski definition) is 0. The highest BCUT2D eigenvalue weighted by Gasteiger charge is 2.13. The van der Waals surface area contributed by atoms with Gasteiger partial charge < -0.3 is 9.26 Å². The summed E-state index contributed by atoms with van der Waals surface area (Å²) in [6.07, 6.45) is -0.530. The molecule has 1 atom stereocenters. The van der Waals surface area contributed by atoms with E-state index < -0.39 is 12.1 Å². The van der Waals surface area contributed by atoms with Crippen molar-refractivity contribution in [2.75, 3.05) is 0 Å². The molecule has 2 rings (SSSR count). The fourth-order valence-corrected chi connectivity index (χ4v) is 1.56. The average molecular weight is 289 g/mol. The second-order valence-electron chi connectivity index (χ2n) is 4.28. The van der Waals surface area contributed by atoms with Crippen LogP contribution in [-0.2, 0) is 16.0 Å². The second kappa shape index (κ2) is 6.61. The Balaban J connectivity index is 1.93. The molecular formula is C14H12FN3O3. The van der Waals surface area contributed by atoms with Crippen LogP contribution in [0.25, 0.3) is 11.4 Å². The summed E-state index contributed by atoms with van der Waals surface area (Å²) in [6, 6.07) is 7.46. The van der Waals surface area contributed by atoms with Crippen molar-refractivity contribution in [3.63, 3.8) is 0 Å². The van der Waals surface area contributed by atoms with Crippen molar-refractivity contribution in [3.05, 3.63) is 36.0 Å². The molecular weight excluding hydrogens is 277 g/mol. The van der Waals surface area contributed by atoms with Gasteiger partial charge in [-0.2, -0.15) is 10.2 Å². The van der Waals surface area contributed by atoms with Crippen LogP contribution in [0.2, 0.25) is 0 Å². The molecule has 0 saturated carbocycles. The van der Waals surface area contributed by atoms with Crippen LogP contribution in [0.1, 0.15) is 19.2 Å². The summed E-state index contributed by atoms with van der Waals surface area (Å²) in [6.45, 7) is 1.48. The van der Waals surface area contributed by atoms with Gasteiger partial charge in [-0.3, -0.25) is 4.79 Å². The van der Waals surface area contributed by atoms with Crippen LogP contribution in [0.15, 0.2) is 28.8 Å². The molecule has 21 heavy (non-hydrogen) atoms. The minimum Gasteiger partial charge on any atom is -0.447 e. The molecule has 0 saturated heterocycles. The molecule has 108 valence electrons. The van der Waals surface area contributed by atoms with Crippen LogP contribution >= 0.6 is 0 Å². The monoisotopic (exact) mass is 289 g/mol. The minimum atomic E-state index is -0.782. The first kappa shape index (κ1) is 14.7. The Hall–Kier alpha value is -2.75. The Bertz CT molecular complexity index is 661. The van der Waals surface area contributed by atoms with Gasteiger partial charge in [-0.25, -0.2) is 4.39 Å². The fraction of sp³-hybridized carbons (Fsp3) is 0.286. The summed E-state index contributed by atoms with van der Waals surface area (Å²) in [5.74, 6) is -0.262. The van der Waals surface area contributed by atoms with Crippen molar-refractivity contribution in [2.24, 2.45) is 0 Å². The van der Waals surface area contributed by atoms with Crippen LogP contribution in [0.5, 0.6) is 0 Å². The zero-order valence-electron chi connectivity index (χ0n) is 11.2. The molecule has 1 heterocycles. The highest BCUT2D eigenvalue weighted by Crippen LogP contribution is 2.16. The Morgan fingerprint density at radius 1 is 1.48 bits per heavy atom. The van der Waals surface area contributed by atoms with Gasteiger partial charge in [0.05, 0.1) is 6.42 Å². The number of ether oxygens (including phenoxy) is 1. The second-order valence-corrected chi connectivity index (χ2v) is 4.28. The summed E-state index contributed by atoms with van der Waals surface area (Å²) in [5.41, 5.74) is 0.618. The number of benzene rings is 1. The normalized spacial score (nSPS) is 11.7. The molecule has 1 aromatic heterocycles. The third-order valence-electron chi connectivity index (χ3n) is 2.60. The standard InChI is InChI=1S/C14H12FN3O3/c1-9(8-16)20-13(19)7-6-12-17-14(18-21-12)10-2-4-11(15)5-3-10/h2-5,9H,6-7H2,1H3. The summed E-state index contributed by atoms with van der Waals surface area (Å²) < 4.78 is 22.6.